The lowest BCUT2D eigenvalue weighted by molar-refractivity contribution is -0.384. The van der Waals surface area contributed by atoms with Crippen LogP contribution in [0.2, 0.25) is 0 Å². The van der Waals surface area contributed by atoms with Crippen molar-refractivity contribution in [2.24, 2.45) is 0 Å². The van der Waals surface area contributed by atoms with Gasteiger partial charge in [0.1, 0.15) is 11.4 Å². The molecule has 3 aromatic carbocycles. The van der Waals surface area contributed by atoms with E-state index in [4.69, 9.17) is 14.2 Å². The normalized spacial score (nSPS) is 11.8. The number of benzene rings is 3. The molecule has 10 nitrogen and oxygen atoms in total. The molecule has 0 unspecified atom stereocenters. The summed E-state index contributed by atoms with van der Waals surface area (Å²) >= 11 is 0. The Kier molecular flexibility index (Phi) is 5.76. The van der Waals surface area contributed by atoms with E-state index in [0.717, 1.165) is 11.1 Å². The van der Waals surface area contributed by atoms with Crippen molar-refractivity contribution in [1.29, 1.82) is 0 Å². The second kappa shape index (κ2) is 9.18. The molecule has 0 fully saturated rings. The third-order valence-corrected chi connectivity index (χ3v) is 5.50. The number of fused-ring (bicyclic) bond motifs is 1. The zero-order chi connectivity index (χ0) is 24.4. The van der Waals surface area contributed by atoms with Crippen LogP contribution >= 0.6 is 0 Å². The predicted octanol–water partition coefficient (Wildman–Crippen LogP) is 4.11. The monoisotopic (exact) mass is 472 g/mol. The van der Waals surface area contributed by atoms with Gasteiger partial charge in [0.15, 0.2) is 11.5 Å². The number of carbonyl (C=O) groups excluding carboxylic acids is 1. The van der Waals surface area contributed by atoms with E-state index in [1.165, 1.54) is 16.8 Å². The fourth-order valence-corrected chi connectivity index (χ4v) is 3.70. The van der Waals surface area contributed by atoms with Gasteiger partial charge in [0, 0.05) is 24.2 Å². The van der Waals surface area contributed by atoms with Gasteiger partial charge in [0.25, 0.3) is 11.6 Å². The summed E-state index contributed by atoms with van der Waals surface area (Å²) in [6, 6.07) is 20.3. The smallest absolute Gasteiger partial charge is 0.270 e. The molecule has 2 heterocycles. The lowest BCUT2D eigenvalue weighted by Crippen LogP contribution is -2.25. The highest BCUT2D eigenvalue weighted by atomic mass is 16.7. The molecular formula is C25H20N4O6. The van der Waals surface area contributed by atoms with E-state index < -0.39 is 4.92 Å². The number of rotatable bonds is 7. The van der Waals surface area contributed by atoms with Gasteiger partial charge >= 0.3 is 0 Å². The Labute approximate surface area is 199 Å². The molecule has 0 saturated heterocycles. The standard InChI is InChI=1S/C25H20N4O6/c1-33-20-4-2-3-17(12-20)21-13-22(28(27-21)18-6-8-19(9-7-18)29(31)32)25(30)26-14-16-5-10-23-24(11-16)35-15-34-23/h2-13H,14-15H2,1H3,(H,26,30). The Morgan fingerprint density at radius 1 is 1.09 bits per heavy atom. The maximum atomic E-state index is 13.2. The summed E-state index contributed by atoms with van der Waals surface area (Å²) in [7, 11) is 1.57. The van der Waals surface area contributed by atoms with Crippen molar-refractivity contribution in [3.63, 3.8) is 0 Å². The average Bonchev–Trinajstić information content (AvgIpc) is 3.54. The summed E-state index contributed by atoms with van der Waals surface area (Å²) in [6.07, 6.45) is 0. The molecule has 4 aromatic rings. The van der Waals surface area contributed by atoms with Crippen LogP contribution in [0.4, 0.5) is 5.69 Å². The van der Waals surface area contributed by atoms with Gasteiger partial charge in [0.2, 0.25) is 6.79 Å². The molecule has 0 bridgehead atoms. The number of ether oxygens (including phenoxy) is 3. The Balaban J connectivity index is 1.46. The first-order valence-electron chi connectivity index (χ1n) is 10.7. The Hall–Kier alpha value is -4.86. The van der Waals surface area contributed by atoms with Crippen LogP contribution in [0.1, 0.15) is 16.1 Å². The van der Waals surface area contributed by atoms with Gasteiger partial charge in [-0.2, -0.15) is 5.10 Å². The molecule has 0 aliphatic carbocycles. The minimum absolute atomic E-state index is 0.0530. The molecule has 1 amide bonds. The van der Waals surface area contributed by atoms with Crippen molar-refractivity contribution >= 4 is 11.6 Å². The molecule has 35 heavy (non-hydrogen) atoms. The highest BCUT2D eigenvalue weighted by Crippen LogP contribution is 2.32. The van der Waals surface area contributed by atoms with Crippen LogP contribution in [-0.4, -0.2) is 34.5 Å². The van der Waals surface area contributed by atoms with Crippen molar-refractivity contribution < 1.29 is 23.9 Å². The van der Waals surface area contributed by atoms with Gasteiger partial charge in [-0.25, -0.2) is 4.68 Å². The molecule has 0 radical (unpaired) electrons. The number of non-ortho nitro benzene ring substituents is 1. The fourth-order valence-electron chi connectivity index (χ4n) is 3.70. The number of hydrogen-bond donors (Lipinski definition) is 1. The van der Waals surface area contributed by atoms with Crippen LogP contribution in [0.15, 0.2) is 72.8 Å². The zero-order valence-corrected chi connectivity index (χ0v) is 18.6. The lowest BCUT2D eigenvalue weighted by atomic mass is 10.1. The van der Waals surface area contributed by atoms with Crippen molar-refractivity contribution in [2.75, 3.05) is 13.9 Å². The highest BCUT2D eigenvalue weighted by Gasteiger charge is 2.19. The van der Waals surface area contributed by atoms with Crippen LogP contribution in [0.3, 0.4) is 0 Å². The van der Waals surface area contributed by atoms with Crippen LogP contribution < -0.4 is 19.5 Å². The van der Waals surface area contributed by atoms with Gasteiger partial charge in [-0.3, -0.25) is 14.9 Å². The summed E-state index contributed by atoms with van der Waals surface area (Å²) in [4.78, 5) is 23.8. The molecule has 1 aliphatic rings. The van der Waals surface area contributed by atoms with Gasteiger partial charge < -0.3 is 19.5 Å². The average molecular weight is 472 g/mol. The molecule has 10 heteroatoms. The van der Waals surface area contributed by atoms with Crippen molar-refractivity contribution in [3.8, 4) is 34.2 Å². The SMILES string of the molecule is COc1cccc(-c2cc(C(=O)NCc3ccc4c(c3)OCO4)n(-c3ccc([N+](=O)[O-])cc3)n2)c1. The largest absolute Gasteiger partial charge is 0.497 e. The van der Waals surface area contributed by atoms with E-state index in [0.29, 0.717) is 28.6 Å². The van der Waals surface area contributed by atoms with Crippen LogP contribution in [0, 0.1) is 10.1 Å². The van der Waals surface area contributed by atoms with Gasteiger partial charge in [-0.15, -0.1) is 0 Å². The number of nitrogens with zero attached hydrogens (tertiary/aromatic N) is 3. The van der Waals surface area contributed by atoms with E-state index >= 15 is 0 Å². The maximum Gasteiger partial charge on any atom is 0.270 e. The molecule has 0 saturated carbocycles. The van der Waals surface area contributed by atoms with Crippen molar-refractivity contribution in [3.05, 3.63) is 94.2 Å². The molecular weight excluding hydrogens is 452 g/mol. The number of carbonyl (C=O) groups is 1. The highest BCUT2D eigenvalue weighted by molar-refractivity contribution is 5.94. The number of hydrogen-bond acceptors (Lipinski definition) is 7. The van der Waals surface area contributed by atoms with Gasteiger partial charge in [0.05, 0.1) is 23.4 Å². The van der Waals surface area contributed by atoms with E-state index in [9.17, 15) is 14.9 Å². The summed E-state index contributed by atoms with van der Waals surface area (Å²) in [5.41, 5.74) is 2.89. The second-order valence-corrected chi connectivity index (χ2v) is 7.70. The topological polar surface area (TPSA) is 118 Å². The molecule has 1 N–H and O–H groups in total. The molecule has 5 rings (SSSR count). The number of nitro groups is 1. The Morgan fingerprint density at radius 2 is 1.89 bits per heavy atom. The van der Waals surface area contributed by atoms with Crippen LogP contribution in [-0.2, 0) is 6.54 Å². The molecule has 1 aromatic heterocycles. The number of amides is 1. The number of nitro benzene ring substituents is 1. The number of aromatic nitrogens is 2. The first-order chi connectivity index (χ1) is 17.0. The molecule has 0 atom stereocenters. The molecule has 0 spiro atoms. The Bertz CT molecular complexity index is 1410. The summed E-state index contributed by atoms with van der Waals surface area (Å²) < 4.78 is 17.5. The first kappa shape index (κ1) is 22.0. The third-order valence-electron chi connectivity index (χ3n) is 5.50. The number of methoxy groups -OCH3 is 1. The zero-order valence-electron chi connectivity index (χ0n) is 18.6. The van der Waals surface area contributed by atoms with Gasteiger partial charge in [-0.05, 0) is 48.0 Å². The van der Waals surface area contributed by atoms with E-state index in [2.05, 4.69) is 10.4 Å². The van der Waals surface area contributed by atoms with E-state index in [1.54, 1.807) is 31.4 Å². The fraction of sp³-hybridized carbons (Fsp3) is 0.120. The minimum Gasteiger partial charge on any atom is -0.497 e. The summed E-state index contributed by atoms with van der Waals surface area (Å²) in [6.45, 7) is 0.433. The first-order valence-corrected chi connectivity index (χ1v) is 10.7. The quantitative estimate of drug-likeness (QED) is 0.318. The predicted molar refractivity (Wildman–Crippen MR) is 126 cm³/mol. The summed E-state index contributed by atoms with van der Waals surface area (Å²) in [5, 5.41) is 18.6. The molecule has 1 aliphatic heterocycles. The second-order valence-electron chi connectivity index (χ2n) is 7.70. The third kappa shape index (κ3) is 4.49. The summed E-state index contributed by atoms with van der Waals surface area (Å²) in [5.74, 6) is 1.59. The van der Waals surface area contributed by atoms with E-state index in [-0.39, 0.29) is 30.6 Å². The van der Waals surface area contributed by atoms with Crippen LogP contribution in [0.25, 0.3) is 16.9 Å². The van der Waals surface area contributed by atoms with Crippen molar-refractivity contribution in [1.82, 2.24) is 15.1 Å². The van der Waals surface area contributed by atoms with Crippen molar-refractivity contribution in [2.45, 2.75) is 6.54 Å². The minimum atomic E-state index is -0.479. The van der Waals surface area contributed by atoms with Gasteiger partial charge in [-0.1, -0.05) is 18.2 Å². The van der Waals surface area contributed by atoms with E-state index in [1.807, 2.05) is 36.4 Å². The number of nitrogens with one attached hydrogen (secondary N) is 1. The van der Waals surface area contributed by atoms with Crippen LogP contribution in [0.5, 0.6) is 17.2 Å². The lowest BCUT2D eigenvalue weighted by Gasteiger charge is -2.09. The molecule has 176 valence electrons. The Morgan fingerprint density at radius 3 is 2.66 bits per heavy atom. The maximum absolute atomic E-state index is 13.2.